The molecule has 78 heavy (non-hydrogen) atoms. The second-order valence-electron chi connectivity index (χ2n) is 24.5. The molecule has 1 unspecified atom stereocenters. The average Bonchev–Trinajstić information content (AvgIpc) is 4.45. The second-order valence-corrected chi connectivity index (χ2v) is 24.5. The zero-order valence-electron chi connectivity index (χ0n) is 47.6. The highest BCUT2D eigenvalue weighted by Gasteiger charge is 2.48. The van der Waals surface area contributed by atoms with Gasteiger partial charge in [0.25, 0.3) is 0 Å². The summed E-state index contributed by atoms with van der Waals surface area (Å²) >= 11 is 0. The first kappa shape index (κ1) is 56.8. The third-order valence-corrected chi connectivity index (χ3v) is 20.2. The average molecular weight is 1090 g/mol. The van der Waals surface area contributed by atoms with Gasteiger partial charge in [0, 0.05) is 115 Å². The molecular weight excluding hydrogens is 997 g/mol. The van der Waals surface area contributed by atoms with Gasteiger partial charge in [0.1, 0.15) is 0 Å². The molecule has 9 amide bonds. The molecule has 0 aromatic carbocycles. The van der Waals surface area contributed by atoms with Crippen LogP contribution in [-0.4, -0.2) is 251 Å². The van der Waals surface area contributed by atoms with Crippen molar-refractivity contribution in [3.05, 3.63) is 0 Å². The molecule has 9 atom stereocenters. The minimum atomic E-state index is -0.179. The molecule has 0 spiro atoms. The summed E-state index contributed by atoms with van der Waals surface area (Å²) in [5.41, 5.74) is 0. The molecule has 21 nitrogen and oxygen atoms in total. The van der Waals surface area contributed by atoms with E-state index in [2.05, 4.69) is 45.3 Å². The fourth-order valence-electron chi connectivity index (χ4n) is 16.1. The van der Waals surface area contributed by atoms with Gasteiger partial charge in [0.2, 0.25) is 0 Å². The maximum absolute atomic E-state index is 12.5. The molecule has 0 radical (unpaired) electrons. The largest absolute Gasteiger partial charge is 0.450 e. The van der Waals surface area contributed by atoms with E-state index >= 15 is 0 Å². The Labute approximate surface area is 464 Å². The second kappa shape index (κ2) is 26.4. The number of likely N-dealkylation sites (tertiary alicyclic amines) is 6. The first-order valence-corrected chi connectivity index (χ1v) is 31.2. The predicted octanol–water partition coefficient (Wildman–Crippen LogP) is 6.05. The molecule has 12 rings (SSSR count). The van der Waals surface area contributed by atoms with Gasteiger partial charge in [-0.05, 0) is 117 Å². The minimum Gasteiger partial charge on any atom is -0.450 e. The molecule has 9 aliphatic heterocycles. The predicted molar refractivity (Wildman–Crippen MR) is 294 cm³/mol. The Bertz CT molecular complexity index is 1830. The zero-order chi connectivity index (χ0) is 54.3. The van der Waals surface area contributed by atoms with E-state index in [-0.39, 0.29) is 36.4 Å². The smallest absolute Gasteiger partial charge is 0.409 e. The van der Waals surface area contributed by atoms with E-state index in [0.717, 1.165) is 175 Å². The van der Waals surface area contributed by atoms with E-state index in [1.807, 2.05) is 35.5 Å². The van der Waals surface area contributed by atoms with Gasteiger partial charge in [-0.3, -0.25) is 14.7 Å². The van der Waals surface area contributed by atoms with Crippen LogP contribution >= 0.6 is 0 Å². The normalized spacial score (nSPS) is 33.3. The number of ether oxygens (including phenoxy) is 3. The van der Waals surface area contributed by atoms with Crippen LogP contribution in [0.1, 0.15) is 156 Å². The monoisotopic (exact) mass is 1090 g/mol. The van der Waals surface area contributed by atoms with Crippen LogP contribution < -0.4 is 16.0 Å². The summed E-state index contributed by atoms with van der Waals surface area (Å²) in [5.74, 6) is 0. The molecular formula is C57H96N12O9. The summed E-state index contributed by atoms with van der Waals surface area (Å²) in [5, 5.41) is 9.65. The summed E-state index contributed by atoms with van der Waals surface area (Å²) < 4.78 is 15.4. The van der Waals surface area contributed by atoms with E-state index in [1.54, 1.807) is 0 Å². The van der Waals surface area contributed by atoms with Crippen LogP contribution in [0, 0.1) is 0 Å². The first-order valence-electron chi connectivity index (χ1n) is 31.2. The molecule has 12 aliphatic rings. The van der Waals surface area contributed by atoms with Gasteiger partial charge in [-0.1, -0.05) is 38.5 Å². The van der Waals surface area contributed by atoms with Gasteiger partial charge in [0.15, 0.2) is 0 Å². The highest BCUT2D eigenvalue weighted by Crippen LogP contribution is 2.37. The number of urea groups is 3. The molecule has 21 heteroatoms. The number of nitrogens with zero attached hydrogens (tertiary/aromatic N) is 9. The van der Waals surface area contributed by atoms with Crippen molar-refractivity contribution in [1.29, 1.82) is 0 Å². The van der Waals surface area contributed by atoms with E-state index in [1.165, 1.54) is 38.5 Å². The lowest BCUT2D eigenvalue weighted by molar-refractivity contribution is 0.0796. The molecule has 0 aromatic heterocycles. The Morgan fingerprint density at radius 2 is 0.603 bits per heavy atom. The Hall–Kier alpha value is -4.50. The van der Waals surface area contributed by atoms with Crippen molar-refractivity contribution in [2.24, 2.45) is 0 Å². The van der Waals surface area contributed by atoms with Crippen molar-refractivity contribution in [3.63, 3.8) is 0 Å². The fourth-order valence-corrected chi connectivity index (χ4v) is 16.1. The quantitative estimate of drug-likeness (QED) is 0.227. The van der Waals surface area contributed by atoms with Crippen LogP contribution in [0.4, 0.5) is 28.8 Å². The summed E-state index contributed by atoms with van der Waals surface area (Å²) in [6.07, 6.45) is 23.2. The van der Waals surface area contributed by atoms with Crippen LogP contribution in [-0.2, 0) is 14.2 Å². The maximum Gasteiger partial charge on any atom is 0.409 e. The molecule has 0 aromatic rings. The molecule has 9 heterocycles. The molecule has 12 fully saturated rings. The number of nitrogens with one attached hydrogen (secondary N) is 3. The number of amides is 9. The Balaban J connectivity index is 0.000000132. The lowest BCUT2D eigenvalue weighted by Gasteiger charge is -2.41. The van der Waals surface area contributed by atoms with Gasteiger partial charge >= 0.3 is 36.4 Å². The van der Waals surface area contributed by atoms with Crippen molar-refractivity contribution in [2.75, 3.05) is 98.4 Å². The molecule has 3 N–H and O–H groups in total. The van der Waals surface area contributed by atoms with Crippen LogP contribution in [0.5, 0.6) is 0 Å². The summed E-state index contributed by atoms with van der Waals surface area (Å²) in [4.78, 5) is 92.8. The van der Waals surface area contributed by atoms with Gasteiger partial charge in [-0.25, -0.2) is 28.8 Å². The Kier molecular flexibility index (Phi) is 19.2. The van der Waals surface area contributed by atoms with Gasteiger partial charge < -0.3 is 59.6 Å². The standard InChI is InChI=1S/3C19H32N4O3/c3*1-2-26-19(25)22-12-9-15(13-22)21-10-7-14(8-11-21)23-17-6-4-3-5-16(17)20-18(23)24/h3*14-17H,2-13H2,1H3,(H,20,24)/t15?,16-,17-;15-,16+,17+;15-,16-,17-/m101/s1. The first-order chi connectivity index (χ1) is 38.0. The van der Waals surface area contributed by atoms with Gasteiger partial charge in [-0.2, -0.15) is 0 Å². The van der Waals surface area contributed by atoms with Gasteiger partial charge in [0.05, 0.1) is 56.1 Å². The fraction of sp³-hybridized carbons (Fsp3) is 0.895. The Morgan fingerprint density at radius 1 is 0.359 bits per heavy atom. The molecule has 3 saturated carbocycles. The summed E-state index contributed by atoms with van der Waals surface area (Å²) in [7, 11) is 0. The van der Waals surface area contributed by atoms with E-state index in [9.17, 15) is 28.8 Å². The van der Waals surface area contributed by atoms with Crippen molar-refractivity contribution in [2.45, 2.75) is 228 Å². The number of hydrogen-bond donors (Lipinski definition) is 3. The Morgan fingerprint density at radius 3 is 0.859 bits per heavy atom. The van der Waals surface area contributed by atoms with Crippen molar-refractivity contribution in [3.8, 4) is 0 Å². The third kappa shape index (κ3) is 12.8. The van der Waals surface area contributed by atoms with Crippen LogP contribution in [0.2, 0.25) is 0 Å². The minimum absolute atomic E-state index is 0.162. The van der Waals surface area contributed by atoms with Crippen molar-refractivity contribution in [1.82, 2.24) is 60.0 Å². The highest BCUT2D eigenvalue weighted by atomic mass is 16.6. The number of fused-ring (bicyclic) bond motifs is 3. The molecule has 3 aliphatic carbocycles. The maximum atomic E-state index is 12.5. The highest BCUT2D eigenvalue weighted by molar-refractivity contribution is 5.79. The SMILES string of the molecule is CCOC(=O)N1CCC(N2CCC(N3C(=O)N[C@@H]4CCCC[C@H]43)CC2)C1.CCOC(=O)N1CC[C@@H](N2CCC(N3C(=O)N[C@@H]4CCCC[C@H]43)CC2)C1.CCOC(=O)N1CC[C@H](N2CCC(N3C(=O)N[C@@H]4CCCC[C@H]43)CC2)C1. The lowest BCUT2D eigenvalue weighted by atomic mass is 9.89. The number of carbonyl (C=O) groups is 6. The van der Waals surface area contributed by atoms with Crippen LogP contribution in [0.15, 0.2) is 0 Å². The van der Waals surface area contributed by atoms with Gasteiger partial charge in [-0.15, -0.1) is 0 Å². The topological polar surface area (TPSA) is 195 Å². The van der Waals surface area contributed by atoms with Crippen molar-refractivity contribution >= 4 is 36.4 Å². The third-order valence-electron chi connectivity index (χ3n) is 20.2. The van der Waals surface area contributed by atoms with E-state index < -0.39 is 0 Å². The molecule has 0 bridgehead atoms. The summed E-state index contributed by atoms with van der Waals surface area (Å²) in [6, 6.07) is 5.31. The number of carbonyl (C=O) groups excluding carboxylic acids is 6. The number of rotatable bonds is 9. The lowest BCUT2D eigenvalue weighted by Crippen LogP contribution is -2.52. The zero-order valence-corrected chi connectivity index (χ0v) is 47.6. The van der Waals surface area contributed by atoms with E-state index in [4.69, 9.17) is 14.2 Å². The number of hydrogen-bond acceptors (Lipinski definition) is 12. The molecule has 438 valence electrons. The van der Waals surface area contributed by atoms with Crippen LogP contribution in [0.25, 0.3) is 0 Å². The number of piperidine rings is 3. The molecule has 9 saturated heterocycles. The summed E-state index contributed by atoms with van der Waals surface area (Å²) in [6.45, 7) is 17.7. The van der Waals surface area contributed by atoms with E-state index in [0.29, 0.717) is 92.3 Å². The van der Waals surface area contributed by atoms with Crippen LogP contribution in [0.3, 0.4) is 0 Å². The van der Waals surface area contributed by atoms with Crippen molar-refractivity contribution < 1.29 is 43.0 Å².